The zero-order chi connectivity index (χ0) is 21.9. The molecule has 1 saturated heterocycles. The van der Waals surface area contributed by atoms with Crippen molar-refractivity contribution in [3.8, 4) is 0 Å². The zero-order valence-electron chi connectivity index (χ0n) is 16.7. The molecule has 1 aromatic carbocycles. The van der Waals surface area contributed by atoms with Crippen molar-refractivity contribution in [2.75, 3.05) is 40.3 Å². The molecule has 0 aliphatic carbocycles. The maximum atomic E-state index is 13.1. The molecule has 1 aliphatic rings. The Morgan fingerprint density at radius 2 is 1.80 bits per heavy atom. The van der Waals surface area contributed by atoms with E-state index in [0.717, 1.165) is 12.1 Å². The molecule has 12 heteroatoms. The van der Waals surface area contributed by atoms with Crippen molar-refractivity contribution in [1.29, 1.82) is 0 Å². The Bertz CT molecular complexity index is 1020. The first-order valence-corrected chi connectivity index (χ1v) is 10.8. The third-order valence-corrected chi connectivity index (χ3v) is 6.66. The smallest absolute Gasteiger partial charge is 0.276 e. The van der Waals surface area contributed by atoms with E-state index in [-0.39, 0.29) is 48.6 Å². The molecule has 3 rings (SSSR count). The average Bonchev–Trinajstić information content (AvgIpc) is 3.02. The van der Waals surface area contributed by atoms with Gasteiger partial charge in [0.2, 0.25) is 15.9 Å². The van der Waals surface area contributed by atoms with Crippen LogP contribution < -0.4 is 0 Å². The highest BCUT2D eigenvalue weighted by Crippen LogP contribution is 2.18. The highest BCUT2D eigenvalue weighted by Gasteiger charge is 2.29. The fourth-order valence-corrected chi connectivity index (χ4v) is 4.48. The first-order chi connectivity index (χ1) is 14.2. The largest absolute Gasteiger partial charge is 0.347 e. The number of amides is 2. The molecule has 162 valence electrons. The Labute approximate surface area is 173 Å². The van der Waals surface area contributed by atoms with Crippen molar-refractivity contribution in [3.05, 3.63) is 42.0 Å². The molecule has 2 amide bonds. The van der Waals surface area contributed by atoms with E-state index in [2.05, 4.69) is 10.3 Å². The van der Waals surface area contributed by atoms with Crippen molar-refractivity contribution in [1.82, 2.24) is 29.1 Å². The lowest BCUT2D eigenvalue weighted by Gasteiger charge is -2.21. The molecule has 0 N–H and O–H groups in total. The number of aromatic nitrogens is 3. The number of benzene rings is 1. The van der Waals surface area contributed by atoms with Crippen molar-refractivity contribution >= 4 is 21.8 Å². The van der Waals surface area contributed by atoms with Crippen molar-refractivity contribution in [3.63, 3.8) is 0 Å². The number of hydrogen-bond donors (Lipinski definition) is 0. The third kappa shape index (κ3) is 4.82. The van der Waals surface area contributed by atoms with Gasteiger partial charge in [0.25, 0.3) is 5.91 Å². The standard InChI is InChI=1S/C18H23FN6O4S/c1-22(2)17(26)13-24-12-16(20-21-24)18(27)23-8-3-9-25(11-10-23)30(28,29)15-6-4-14(19)5-7-15/h4-7,12H,3,8-11,13H2,1-2H3. The quantitative estimate of drug-likeness (QED) is 0.652. The number of carbonyl (C=O) groups is 2. The molecule has 2 heterocycles. The molecule has 0 unspecified atom stereocenters. The van der Waals surface area contributed by atoms with Gasteiger partial charge in [-0.25, -0.2) is 17.5 Å². The SMILES string of the molecule is CN(C)C(=O)Cn1cc(C(=O)N2CCCN(S(=O)(=O)c3ccc(F)cc3)CC2)nn1. The molecule has 30 heavy (non-hydrogen) atoms. The number of carbonyl (C=O) groups excluding carboxylic acids is 2. The summed E-state index contributed by atoms with van der Waals surface area (Å²) in [6.45, 7) is 0.865. The van der Waals surface area contributed by atoms with E-state index >= 15 is 0 Å². The molecule has 0 radical (unpaired) electrons. The molecule has 0 atom stereocenters. The summed E-state index contributed by atoms with van der Waals surface area (Å²) in [6.07, 6.45) is 1.85. The van der Waals surface area contributed by atoms with Gasteiger partial charge >= 0.3 is 0 Å². The summed E-state index contributed by atoms with van der Waals surface area (Å²) >= 11 is 0. The first-order valence-electron chi connectivity index (χ1n) is 9.34. The van der Waals surface area contributed by atoms with Crippen LogP contribution in [0.3, 0.4) is 0 Å². The Balaban J connectivity index is 1.66. The van der Waals surface area contributed by atoms with E-state index in [1.807, 2.05) is 0 Å². The summed E-state index contributed by atoms with van der Waals surface area (Å²) in [7, 11) is -0.540. The van der Waals surface area contributed by atoms with Gasteiger partial charge in [0.15, 0.2) is 5.69 Å². The molecular formula is C18H23FN6O4S. The Hall–Kier alpha value is -2.86. The second-order valence-corrected chi connectivity index (χ2v) is 9.03. The predicted molar refractivity (Wildman–Crippen MR) is 104 cm³/mol. The highest BCUT2D eigenvalue weighted by molar-refractivity contribution is 7.89. The van der Waals surface area contributed by atoms with Gasteiger partial charge in [-0.05, 0) is 30.7 Å². The van der Waals surface area contributed by atoms with Crippen molar-refractivity contribution in [2.45, 2.75) is 17.9 Å². The molecule has 0 spiro atoms. The maximum Gasteiger partial charge on any atom is 0.276 e. The summed E-state index contributed by atoms with van der Waals surface area (Å²) < 4.78 is 41.3. The monoisotopic (exact) mass is 438 g/mol. The number of nitrogens with zero attached hydrogens (tertiary/aromatic N) is 6. The summed E-state index contributed by atoms with van der Waals surface area (Å²) in [4.78, 5) is 27.5. The predicted octanol–water partition coefficient (Wildman–Crippen LogP) is 0.0422. The van der Waals surface area contributed by atoms with Gasteiger partial charge in [-0.3, -0.25) is 9.59 Å². The molecule has 1 aromatic heterocycles. The number of hydrogen-bond acceptors (Lipinski definition) is 6. The summed E-state index contributed by atoms with van der Waals surface area (Å²) in [6, 6.07) is 4.66. The van der Waals surface area contributed by atoms with Gasteiger partial charge in [0.05, 0.1) is 11.1 Å². The van der Waals surface area contributed by atoms with E-state index < -0.39 is 15.8 Å². The van der Waals surface area contributed by atoms with Gasteiger partial charge in [0, 0.05) is 40.3 Å². The molecule has 1 aliphatic heterocycles. The Morgan fingerprint density at radius 3 is 2.47 bits per heavy atom. The molecule has 0 saturated carbocycles. The molecule has 1 fully saturated rings. The van der Waals surface area contributed by atoms with E-state index in [4.69, 9.17) is 0 Å². The second-order valence-electron chi connectivity index (χ2n) is 7.09. The zero-order valence-corrected chi connectivity index (χ0v) is 17.5. The van der Waals surface area contributed by atoms with Crippen LogP contribution in [0.25, 0.3) is 0 Å². The van der Waals surface area contributed by atoms with Crippen LogP contribution in [0.4, 0.5) is 4.39 Å². The van der Waals surface area contributed by atoms with E-state index in [1.165, 1.54) is 37.1 Å². The van der Waals surface area contributed by atoms with Crippen molar-refractivity contribution in [2.24, 2.45) is 0 Å². The van der Waals surface area contributed by atoms with Crippen LogP contribution in [0.15, 0.2) is 35.4 Å². The van der Waals surface area contributed by atoms with Gasteiger partial charge in [0.1, 0.15) is 12.4 Å². The van der Waals surface area contributed by atoms with E-state index in [9.17, 15) is 22.4 Å². The number of halogens is 1. The van der Waals surface area contributed by atoms with Gasteiger partial charge in [-0.2, -0.15) is 4.31 Å². The van der Waals surface area contributed by atoms with Crippen LogP contribution in [0.1, 0.15) is 16.9 Å². The number of rotatable bonds is 5. The van der Waals surface area contributed by atoms with E-state index in [1.54, 1.807) is 14.1 Å². The highest BCUT2D eigenvalue weighted by atomic mass is 32.2. The van der Waals surface area contributed by atoms with Crippen LogP contribution in [0.5, 0.6) is 0 Å². The lowest BCUT2D eigenvalue weighted by molar-refractivity contribution is -0.129. The molecule has 0 bridgehead atoms. The minimum atomic E-state index is -3.78. The fraction of sp³-hybridized carbons (Fsp3) is 0.444. The molecule has 2 aromatic rings. The Kier molecular flexibility index (Phi) is 6.46. The minimum Gasteiger partial charge on any atom is -0.347 e. The van der Waals surface area contributed by atoms with Crippen LogP contribution in [-0.4, -0.2) is 89.6 Å². The van der Waals surface area contributed by atoms with Crippen LogP contribution in [0.2, 0.25) is 0 Å². The summed E-state index contributed by atoms with van der Waals surface area (Å²) in [5, 5.41) is 7.66. The fourth-order valence-electron chi connectivity index (χ4n) is 3.01. The normalized spacial score (nSPS) is 15.6. The lowest BCUT2D eigenvalue weighted by Crippen LogP contribution is -2.37. The van der Waals surface area contributed by atoms with Crippen LogP contribution in [0, 0.1) is 5.82 Å². The average molecular weight is 438 g/mol. The van der Waals surface area contributed by atoms with Gasteiger partial charge in [-0.15, -0.1) is 5.10 Å². The lowest BCUT2D eigenvalue weighted by atomic mass is 10.3. The third-order valence-electron chi connectivity index (χ3n) is 4.75. The molecule has 10 nitrogen and oxygen atoms in total. The summed E-state index contributed by atoms with van der Waals surface area (Å²) in [5.74, 6) is -1.07. The van der Waals surface area contributed by atoms with Crippen LogP contribution in [-0.2, 0) is 21.4 Å². The summed E-state index contributed by atoms with van der Waals surface area (Å²) in [5.41, 5.74) is 0.0939. The second kappa shape index (κ2) is 8.88. The van der Waals surface area contributed by atoms with Crippen molar-refractivity contribution < 1.29 is 22.4 Å². The Morgan fingerprint density at radius 1 is 1.10 bits per heavy atom. The first kappa shape index (κ1) is 21.8. The number of likely N-dealkylation sites (N-methyl/N-ethyl adjacent to an activating group) is 1. The number of sulfonamides is 1. The van der Waals surface area contributed by atoms with Gasteiger partial charge < -0.3 is 9.80 Å². The maximum absolute atomic E-state index is 13.1. The minimum absolute atomic E-state index is 0.0113. The van der Waals surface area contributed by atoms with Gasteiger partial charge in [-0.1, -0.05) is 5.21 Å². The molecular weight excluding hydrogens is 415 g/mol. The van der Waals surface area contributed by atoms with Crippen LogP contribution >= 0.6 is 0 Å². The van der Waals surface area contributed by atoms with E-state index in [0.29, 0.717) is 13.0 Å². The topological polar surface area (TPSA) is 109 Å².